The number of alkyl halides is 3. The summed E-state index contributed by atoms with van der Waals surface area (Å²) in [6.07, 6.45) is -3.16. The molecule has 0 aromatic carbocycles. The lowest BCUT2D eigenvalue weighted by molar-refractivity contribution is -0.175. The van der Waals surface area contributed by atoms with Crippen molar-refractivity contribution >= 4 is 0 Å². The van der Waals surface area contributed by atoms with E-state index in [4.69, 9.17) is 4.74 Å². The van der Waals surface area contributed by atoms with Gasteiger partial charge in [-0.05, 0) is 12.8 Å². The summed E-state index contributed by atoms with van der Waals surface area (Å²) < 4.78 is 40.7. The van der Waals surface area contributed by atoms with Crippen LogP contribution in [0.3, 0.4) is 0 Å². The van der Waals surface area contributed by atoms with Gasteiger partial charge in [0.1, 0.15) is 6.61 Å². The second-order valence-corrected chi connectivity index (χ2v) is 5.42. The minimum atomic E-state index is -4.23. The number of rotatable bonds is 6. The molecule has 0 radical (unpaired) electrons. The maximum absolute atomic E-state index is 12.0. The van der Waals surface area contributed by atoms with E-state index >= 15 is 0 Å². The molecule has 1 heterocycles. The van der Waals surface area contributed by atoms with Crippen LogP contribution in [0.15, 0.2) is 0 Å². The highest BCUT2D eigenvalue weighted by molar-refractivity contribution is 4.86. The summed E-state index contributed by atoms with van der Waals surface area (Å²) in [5.74, 6) is 0.530. The van der Waals surface area contributed by atoms with Crippen LogP contribution >= 0.6 is 0 Å². The van der Waals surface area contributed by atoms with Crippen molar-refractivity contribution in [3.8, 4) is 0 Å². The number of nitrogens with zero attached hydrogens (tertiary/aromatic N) is 1. The van der Waals surface area contributed by atoms with Crippen LogP contribution in [0.25, 0.3) is 0 Å². The first-order valence-corrected chi connectivity index (χ1v) is 6.95. The molecule has 0 aliphatic carbocycles. The van der Waals surface area contributed by atoms with Gasteiger partial charge in [0.2, 0.25) is 0 Å². The van der Waals surface area contributed by atoms with Crippen molar-refractivity contribution in [2.75, 3.05) is 32.8 Å². The van der Waals surface area contributed by atoms with Gasteiger partial charge in [-0.15, -0.1) is 0 Å². The number of hydrogen-bond donors (Lipinski definition) is 1. The molecule has 0 saturated carbocycles. The molecule has 3 unspecified atom stereocenters. The summed E-state index contributed by atoms with van der Waals surface area (Å²) in [6, 6.07) is 0.763. The first-order valence-electron chi connectivity index (χ1n) is 6.95. The zero-order valence-electron chi connectivity index (χ0n) is 12.0. The molecule has 3 atom stereocenters. The van der Waals surface area contributed by atoms with Gasteiger partial charge < -0.3 is 10.1 Å². The number of hydrogen-bond acceptors (Lipinski definition) is 3. The summed E-state index contributed by atoms with van der Waals surface area (Å²) in [7, 11) is 0. The molecule has 0 aromatic heterocycles. The summed E-state index contributed by atoms with van der Waals surface area (Å²) in [5.41, 5.74) is 0. The molecule has 1 saturated heterocycles. The van der Waals surface area contributed by atoms with Gasteiger partial charge in [-0.1, -0.05) is 20.3 Å². The Morgan fingerprint density at radius 1 is 1.42 bits per heavy atom. The molecule has 0 aromatic rings. The third-order valence-corrected chi connectivity index (χ3v) is 3.74. The van der Waals surface area contributed by atoms with E-state index in [9.17, 15) is 13.2 Å². The van der Waals surface area contributed by atoms with E-state index in [2.05, 4.69) is 31.0 Å². The molecule has 6 heteroatoms. The summed E-state index contributed by atoms with van der Waals surface area (Å²) in [5, 5.41) is 3.43. The van der Waals surface area contributed by atoms with Gasteiger partial charge in [0, 0.05) is 31.7 Å². The average Bonchev–Trinajstić information content (AvgIpc) is 2.33. The van der Waals surface area contributed by atoms with Crippen molar-refractivity contribution in [3.63, 3.8) is 0 Å². The molecular formula is C13H25F3N2O. The van der Waals surface area contributed by atoms with Gasteiger partial charge in [0.05, 0.1) is 6.61 Å². The number of piperazine rings is 1. The van der Waals surface area contributed by atoms with Crippen molar-refractivity contribution in [2.45, 2.75) is 45.5 Å². The van der Waals surface area contributed by atoms with Crippen LogP contribution in [-0.2, 0) is 4.74 Å². The Hall–Kier alpha value is -0.330. The van der Waals surface area contributed by atoms with Crippen LogP contribution in [-0.4, -0.2) is 56.0 Å². The van der Waals surface area contributed by atoms with Crippen LogP contribution in [0, 0.1) is 5.92 Å². The largest absolute Gasteiger partial charge is 0.411 e. The zero-order valence-corrected chi connectivity index (χ0v) is 12.0. The van der Waals surface area contributed by atoms with Crippen molar-refractivity contribution in [1.82, 2.24) is 10.2 Å². The minimum Gasteiger partial charge on any atom is -0.371 e. The highest BCUT2D eigenvalue weighted by Crippen LogP contribution is 2.18. The highest BCUT2D eigenvalue weighted by Gasteiger charge is 2.30. The van der Waals surface area contributed by atoms with Crippen molar-refractivity contribution in [2.24, 2.45) is 5.92 Å². The molecule has 114 valence electrons. The van der Waals surface area contributed by atoms with Gasteiger partial charge in [0.15, 0.2) is 0 Å². The molecular weight excluding hydrogens is 257 g/mol. The highest BCUT2D eigenvalue weighted by atomic mass is 19.4. The molecule has 3 nitrogen and oxygen atoms in total. The van der Waals surface area contributed by atoms with Crippen LogP contribution in [0.4, 0.5) is 13.2 Å². The second-order valence-electron chi connectivity index (χ2n) is 5.42. The van der Waals surface area contributed by atoms with Gasteiger partial charge in [0.25, 0.3) is 0 Å². The maximum Gasteiger partial charge on any atom is 0.411 e. The monoisotopic (exact) mass is 282 g/mol. The fourth-order valence-electron chi connectivity index (χ4n) is 2.46. The summed E-state index contributed by atoms with van der Waals surface area (Å²) in [6.45, 7) is 7.74. The molecule has 1 fully saturated rings. The van der Waals surface area contributed by atoms with E-state index in [0.29, 0.717) is 24.5 Å². The Balaban J connectivity index is 2.38. The molecule has 19 heavy (non-hydrogen) atoms. The quantitative estimate of drug-likeness (QED) is 0.756. The lowest BCUT2D eigenvalue weighted by Gasteiger charge is -2.42. The Kier molecular flexibility index (Phi) is 6.56. The Morgan fingerprint density at radius 3 is 2.68 bits per heavy atom. The molecule has 1 N–H and O–H groups in total. The lowest BCUT2D eigenvalue weighted by Crippen LogP contribution is -2.58. The number of nitrogens with one attached hydrogen (secondary N) is 1. The van der Waals surface area contributed by atoms with Crippen LogP contribution in [0.2, 0.25) is 0 Å². The van der Waals surface area contributed by atoms with Crippen LogP contribution in [0.5, 0.6) is 0 Å². The average molecular weight is 282 g/mol. The van der Waals surface area contributed by atoms with Crippen LogP contribution < -0.4 is 5.32 Å². The predicted octanol–water partition coefficient (Wildman–Crippen LogP) is 2.27. The lowest BCUT2D eigenvalue weighted by atomic mass is 9.95. The third kappa shape index (κ3) is 6.10. The van der Waals surface area contributed by atoms with Gasteiger partial charge in [-0.3, -0.25) is 4.90 Å². The summed E-state index contributed by atoms with van der Waals surface area (Å²) in [4.78, 5) is 2.26. The molecule has 1 aliphatic heterocycles. The first kappa shape index (κ1) is 16.7. The van der Waals surface area contributed by atoms with Crippen molar-refractivity contribution in [1.29, 1.82) is 0 Å². The first-order chi connectivity index (χ1) is 8.83. The van der Waals surface area contributed by atoms with E-state index in [1.807, 2.05) is 0 Å². The molecule has 0 spiro atoms. The van der Waals surface area contributed by atoms with E-state index in [1.165, 1.54) is 0 Å². The second kappa shape index (κ2) is 7.45. The molecule has 1 rings (SSSR count). The number of ether oxygens (including phenoxy) is 1. The topological polar surface area (TPSA) is 24.5 Å². The Bertz CT molecular complexity index is 261. The molecule has 1 aliphatic rings. The smallest absolute Gasteiger partial charge is 0.371 e. The van der Waals surface area contributed by atoms with E-state index in [0.717, 1.165) is 19.5 Å². The normalized spacial score (nSPS) is 27.5. The maximum atomic E-state index is 12.0. The van der Waals surface area contributed by atoms with Gasteiger partial charge >= 0.3 is 6.18 Å². The summed E-state index contributed by atoms with van der Waals surface area (Å²) >= 11 is 0. The van der Waals surface area contributed by atoms with Gasteiger partial charge in [-0.2, -0.15) is 13.2 Å². The SMILES string of the molecule is CCC(C)C1CNC(C)CN1CCOCC(F)(F)F. The van der Waals surface area contributed by atoms with Gasteiger partial charge in [-0.25, -0.2) is 0 Å². The minimum absolute atomic E-state index is 0.138. The van der Waals surface area contributed by atoms with E-state index in [1.54, 1.807) is 0 Å². The van der Waals surface area contributed by atoms with Crippen molar-refractivity contribution < 1.29 is 17.9 Å². The molecule has 0 amide bonds. The number of halogens is 3. The van der Waals surface area contributed by atoms with Crippen LogP contribution in [0.1, 0.15) is 27.2 Å². The Morgan fingerprint density at radius 2 is 2.11 bits per heavy atom. The zero-order chi connectivity index (χ0) is 14.5. The third-order valence-electron chi connectivity index (χ3n) is 3.74. The van der Waals surface area contributed by atoms with E-state index in [-0.39, 0.29) is 6.61 Å². The fourth-order valence-corrected chi connectivity index (χ4v) is 2.46. The Labute approximate surface area is 113 Å². The standard InChI is InChI=1S/C13H25F3N2O/c1-4-10(2)12-7-17-11(3)8-18(12)5-6-19-9-13(14,15)16/h10-12,17H,4-9H2,1-3H3. The fraction of sp³-hybridized carbons (Fsp3) is 1.00. The molecule has 0 bridgehead atoms. The predicted molar refractivity (Wildman–Crippen MR) is 69.2 cm³/mol. The van der Waals surface area contributed by atoms with E-state index < -0.39 is 12.8 Å². The van der Waals surface area contributed by atoms with Crippen molar-refractivity contribution in [3.05, 3.63) is 0 Å².